The summed E-state index contributed by atoms with van der Waals surface area (Å²) in [5.41, 5.74) is 0. The normalized spacial score (nSPS) is 10.3. The van der Waals surface area contributed by atoms with Crippen molar-refractivity contribution in [1.82, 2.24) is 5.32 Å². The van der Waals surface area contributed by atoms with Crippen molar-refractivity contribution in [3.05, 3.63) is 21.9 Å². The summed E-state index contributed by atoms with van der Waals surface area (Å²) in [5.74, 6) is 0.0770. The molecule has 0 saturated heterocycles. The van der Waals surface area contributed by atoms with Gasteiger partial charge in [-0.25, -0.2) is 0 Å². The number of amides is 1. The van der Waals surface area contributed by atoms with Crippen LogP contribution >= 0.6 is 33.9 Å². The molecule has 0 fully saturated rings. The second kappa shape index (κ2) is 7.22. The summed E-state index contributed by atoms with van der Waals surface area (Å²) >= 11 is 3.94. The average molecular weight is 337 g/mol. The SMILES string of the molecule is CCc1ccc(C(=O)NCCCCI)s1. The molecule has 1 aromatic rings. The highest BCUT2D eigenvalue weighted by atomic mass is 127. The molecule has 0 atom stereocenters. The van der Waals surface area contributed by atoms with E-state index in [4.69, 9.17) is 0 Å². The summed E-state index contributed by atoms with van der Waals surface area (Å²) in [7, 11) is 0. The number of unbranched alkanes of at least 4 members (excludes halogenated alkanes) is 1. The van der Waals surface area contributed by atoms with Gasteiger partial charge in [0.1, 0.15) is 0 Å². The highest BCUT2D eigenvalue weighted by Crippen LogP contribution is 2.16. The second-order valence-electron chi connectivity index (χ2n) is 3.27. The molecule has 0 aromatic carbocycles. The number of thiophene rings is 1. The zero-order valence-corrected chi connectivity index (χ0v) is 11.9. The van der Waals surface area contributed by atoms with Gasteiger partial charge in [0.25, 0.3) is 5.91 Å². The van der Waals surface area contributed by atoms with Crippen LogP contribution in [0.1, 0.15) is 34.3 Å². The van der Waals surface area contributed by atoms with Crippen molar-refractivity contribution in [2.75, 3.05) is 11.0 Å². The molecule has 15 heavy (non-hydrogen) atoms. The van der Waals surface area contributed by atoms with Crippen LogP contribution in [0, 0.1) is 0 Å². The molecule has 1 N–H and O–H groups in total. The number of hydrogen-bond acceptors (Lipinski definition) is 2. The van der Waals surface area contributed by atoms with Crippen LogP contribution < -0.4 is 5.32 Å². The lowest BCUT2D eigenvalue weighted by molar-refractivity contribution is 0.0957. The summed E-state index contributed by atoms with van der Waals surface area (Å²) in [5, 5.41) is 2.94. The fraction of sp³-hybridized carbons (Fsp3) is 0.545. The van der Waals surface area contributed by atoms with Crippen LogP contribution in [0.3, 0.4) is 0 Å². The van der Waals surface area contributed by atoms with E-state index in [0.29, 0.717) is 0 Å². The van der Waals surface area contributed by atoms with Gasteiger partial charge in [-0.2, -0.15) is 0 Å². The molecule has 0 bridgehead atoms. The molecular weight excluding hydrogens is 321 g/mol. The van der Waals surface area contributed by atoms with Crippen LogP contribution in [-0.4, -0.2) is 16.9 Å². The molecule has 0 unspecified atom stereocenters. The van der Waals surface area contributed by atoms with Crippen molar-refractivity contribution in [2.45, 2.75) is 26.2 Å². The topological polar surface area (TPSA) is 29.1 Å². The minimum Gasteiger partial charge on any atom is -0.351 e. The van der Waals surface area contributed by atoms with Crippen molar-refractivity contribution in [1.29, 1.82) is 0 Å². The molecule has 0 aliphatic heterocycles. The first-order chi connectivity index (χ1) is 7.27. The number of carbonyl (C=O) groups excluding carboxylic acids is 1. The maximum absolute atomic E-state index is 11.6. The molecule has 1 amide bonds. The van der Waals surface area contributed by atoms with Crippen molar-refractivity contribution in [3.63, 3.8) is 0 Å². The van der Waals surface area contributed by atoms with Gasteiger partial charge in [0.15, 0.2) is 0 Å². The van der Waals surface area contributed by atoms with Crippen molar-refractivity contribution in [3.8, 4) is 0 Å². The lowest BCUT2D eigenvalue weighted by atomic mass is 10.3. The second-order valence-corrected chi connectivity index (χ2v) is 5.52. The van der Waals surface area contributed by atoms with Crippen LogP contribution in [0.4, 0.5) is 0 Å². The maximum Gasteiger partial charge on any atom is 0.261 e. The van der Waals surface area contributed by atoms with E-state index < -0.39 is 0 Å². The summed E-state index contributed by atoms with van der Waals surface area (Å²) in [6, 6.07) is 3.95. The van der Waals surface area contributed by atoms with Crippen LogP contribution in [0.5, 0.6) is 0 Å². The third kappa shape index (κ3) is 4.51. The van der Waals surface area contributed by atoms with Gasteiger partial charge in [0, 0.05) is 11.4 Å². The van der Waals surface area contributed by atoms with Crippen LogP contribution in [0.15, 0.2) is 12.1 Å². The fourth-order valence-corrected chi connectivity index (χ4v) is 2.60. The molecule has 0 aliphatic rings. The molecule has 1 aromatic heterocycles. The summed E-state index contributed by atoms with van der Waals surface area (Å²) < 4.78 is 1.16. The lowest BCUT2D eigenvalue weighted by Crippen LogP contribution is -2.23. The Labute approximate surface area is 109 Å². The van der Waals surface area contributed by atoms with Gasteiger partial charge in [-0.1, -0.05) is 29.5 Å². The van der Waals surface area contributed by atoms with Crippen molar-refractivity contribution in [2.24, 2.45) is 0 Å². The van der Waals surface area contributed by atoms with Crippen LogP contribution in [0.2, 0.25) is 0 Å². The fourth-order valence-electron chi connectivity index (χ4n) is 1.20. The van der Waals surface area contributed by atoms with Gasteiger partial charge in [-0.15, -0.1) is 11.3 Å². The average Bonchev–Trinajstić information content (AvgIpc) is 2.72. The molecule has 0 spiro atoms. The van der Waals surface area contributed by atoms with Crippen molar-refractivity contribution < 1.29 is 4.79 Å². The Balaban J connectivity index is 2.33. The number of hydrogen-bond donors (Lipinski definition) is 1. The molecule has 2 nitrogen and oxygen atoms in total. The Morgan fingerprint density at radius 1 is 1.47 bits per heavy atom. The summed E-state index contributed by atoms with van der Waals surface area (Å²) in [4.78, 5) is 13.7. The highest BCUT2D eigenvalue weighted by Gasteiger charge is 2.07. The van der Waals surface area contributed by atoms with Gasteiger partial charge in [-0.05, 0) is 35.8 Å². The number of nitrogens with one attached hydrogen (secondary N) is 1. The predicted octanol–water partition coefficient (Wildman–Crippen LogP) is 3.26. The molecule has 0 saturated carbocycles. The minimum atomic E-state index is 0.0770. The monoisotopic (exact) mass is 337 g/mol. The van der Waals surface area contributed by atoms with Crippen LogP contribution in [-0.2, 0) is 6.42 Å². The van der Waals surface area contributed by atoms with E-state index in [0.717, 1.165) is 28.7 Å². The number of carbonyl (C=O) groups is 1. The number of halogens is 1. The first-order valence-electron chi connectivity index (χ1n) is 5.20. The predicted molar refractivity (Wildman–Crippen MR) is 74.2 cm³/mol. The number of rotatable bonds is 6. The smallest absolute Gasteiger partial charge is 0.261 e. The van der Waals surface area contributed by atoms with E-state index in [1.165, 1.54) is 11.3 Å². The Hall–Kier alpha value is -0.100. The van der Waals surface area contributed by atoms with Gasteiger partial charge in [-0.3, -0.25) is 4.79 Å². The number of alkyl halides is 1. The zero-order chi connectivity index (χ0) is 11.1. The molecule has 84 valence electrons. The van der Waals surface area contributed by atoms with E-state index in [1.807, 2.05) is 12.1 Å². The summed E-state index contributed by atoms with van der Waals surface area (Å²) in [6.45, 7) is 2.90. The maximum atomic E-state index is 11.6. The number of aryl methyl sites for hydroxylation is 1. The molecule has 4 heteroatoms. The summed E-state index contributed by atoms with van der Waals surface area (Å²) in [6.07, 6.45) is 3.25. The van der Waals surface area contributed by atoms with Gasteiger partial charge in [0.05, 0.1) is 4.88 Å². The van der Waals surface area contributed by atoms with Gasteiger partial charge < -0.3 is 5.32 Å². The molecule has 0 aliphatic carbocycles. The first kappa shape index (κ1) is 13.0. The van der Waals surface area contributed by atoms with E-state index in [-0.39, 0.29) is 5.91 Å². The zero-order valence-electron chi connectivity index (χ0n) is 8.88. The Kier molecular flexibility index (Phi) is 6.24. The van der Waals surface area contributed by atoms with E-state index in [1.54, 1.807) is 11.3 Å². The Morgan fingerprint density at radius 3 is 2.87 bits per heavy atom. The minimum absolute atomic E-state index is 0.0770. The molecule has 1 rings (SSSR count). The highest BCUT2D eigenvalue weighted by molar-refractivity contribution is 14.1. The van der Waals surface area contributed by atoms with Crippen molar-refractivity contribution >= 4 is 39.8 Å². The third-order valence-electron chi connectivity index (χ3n) is 2.08. The quantitative estimate of drug-likeness (QED) is 0.482. The van der Waals surface area contributed by atoms with E-state index in [2.05, 4.69) is 34.8 Å². The van der Waals surface area contributed by atoms with Crippen LogP contribution in [0.25, 0.3) is 0 Å². The molecular formula is C11H16INOS. The molecule has 1 heterocycles. The standard InChI is InChI=1S/C11H16INOS/c1-2-9-5-6-10(15-9)11(14)13-8-4-3-7-12/h5-6H,2-4,7-8H2,1H3,(H,13,14). The lowest BCUT2D eigenvalue weighted by Gasteiger charge is -2.01. The molecule has 0 radical (unpaired) electrons. The van der Waals surface area contributed by atoms with Gasteiger partial charge >= 0.3 is 0 Å². The van der Waals surface area contributed by atoms with Gasteiger partial charge in [0.2, 0.25) is 0 Å². The largest absolute Gasteiger partial charge is 0.351 e. The first-order valence-corrected chi connectivity index (χ1v) is 7.55. The Bertz CT molecular complexity index is 311. The Morgan fingerprint density at radius 2 is 2.27 bits per heavy atom. The van der Waals surface area contributed by atoms with E-state index >= 15 is 0 Å². The third-order valence-corrected chi connectivity index (χ3v) is 4.07. The van der Waals surface area contributed by atoms with E-state index in [9.17, 15) is 4.79 Å².